The Morgan fingerprint density at radius 3 is 2.20 bits per heavy atom. The molecule has 112 valence electrons. The molecule has 0 aromatic rings. The van der Waals surface area contributed by atoms with E-state index < -0.39 is 11.9 Å². The molecule has 7 nitrogen and oxygen atoms in total. The number of ether oxygens (including phenoxy) is 1. The molecule has 0 bridgehead atoms. The lowest BCUT2D eigenvalue weighted by atomic mass is 9.96. The number of amides is 2. The molecule has 2 saturated heterocycles. The van der Waals surface area contributed by atoms with Crippen LogP contribution in [0.1, 0.15) is 19.8 Å². The van der Waals surface area contributed by atoms with Crippen molar-refractivity contribution in [2.75, 3.05) is 32.8 Å². The SMILES string of the molecule is CCOC(=O)C1CCN(C(=O)N2CC(C(=O)O)C2)CC1. The van der Waals surface area contributed by atoms with Crippen molar-refractivity contribution >= 4 is 18.0 Å². The number of nitrogens with zero attached hydrogens (tertiary/aromatic N) is 2. The lowest BCUT2D eigenvalue weighted by Crippen LogP contribution is -2.58. The molecular formula is C13H20N2O5. The summed E-state index contributed by atoms with van der Waals surface area (Å²) >= 11 is 0. The Hall–Kier alpha value is -1.79. The van der Waals surface area contributed by atoms with E-state index in [9.17, 15) is 14.4 Å². The number of hydrogen-bond acceptors (Lipinski definition) is 4. The molecule has 2 aliphatic heterocycles. The van der Waals surface area contributed by atoms with Gasteiger partial charge in [0.15, 0.2) is 0 Å². The van der Waals surface area contributed by atoms with Crippen LogP contribution >= 0.6 is 0 Å². The van der Waals surface area contributed by atoms with Crippen LogP contribution in [-0.4, -0.2) is 65.7 Å². The van der Waals surface area contributed by atoms with Gasteiger partial charge in [-0.15, -0.1) is 0 Å². The molecule has 2 heterocycles. The first-order valence-corrected chi connectivity index (χ1v) is 6.96. The topological polar surface area (TPSA) is 87.2 Å². The van der Waals surface area contributed by atoms with E-state index in [2.05, 4.69) is 0 Å². The predicted octanol–water partition coefficient (Wildman–Crippen LogP) is 0.398. The Balaban J connectivity index is 1.75. The Morgan fingerprint density at radius 1 is 1.10 bits per heavy atom. The van der Waals surface area contributed by atoms with Gasteiger partial charge in [-0.3, -0.25) is 9.59 Å². The average Bonchev–Trinajstić information content (AvgIpc) is 2.37. The number of likely N-dealkylation sites (tertiary alicyclic amines) is 2. The highest BCUT2D eigenvalue weighted by Crippen LogP contribution is 2.23. The fourth-order valence-corrected chi connectivity index (χ4v) is 2.56. The predicted molar refractivity (Wildman–Crippen MR) is 69.0 cm³/mol. The summed E-state index contributed by atoms with van der Waals surface area (Å²) < 4.78 is 4.98. The van der Waals surface area contributed by atoms with E-state index in [0.29, 0.717) is 32.5 Å². The van der Waals surface area contributed by atoms with Crippen LogP contribution < -0.4 is 0 Å². The zero-order chi connectivity index (χ0) is 14.7. The van der Waals surface area contributed by atoms with E-state index in [0.717, 1.165) is 0 Å². The van der Waals surface area contributed by atoms with Crippen molar-refractivity contribution in [3.8, 4) is 0 Å². The minimum Gasteiger partial charge on any atom is -0.481 e. The average molecular weight is 284 g/mol. The van der Waals surface area contributed by atoms with Crippen molar-refractivity contribution in [2.24, 2.45) is 11.8 Å². The number of carboxylic acid groups (broad SMARTS) is 1. The summed E-state index contributed by atoms with van der Waals surface area (Å²) in [5.74, 6) is -1.59. The lowest BCUT2D eigenvalue weighted by molar-refractivity contribution is -0.150. The number of piperidine rings is 1. The first-order valence-electron chi connectivity index (χ1n) is 6.96. The zero-order valence-electron chi connectivity index (χ0n) is 11.6. The molecule has 0 aliphatic carbocycles. The number of hydrogen-bond donors (Lipinski definition) is 1. The van der Waals surface area contributed by atoms with Crippen molar-refractivity contribution in [1.82, 2.24) is 9.80 Å². The van der Waals surface area contributed by atoms with Crippen LogP contribution in [0.25, 0.3) is 0 Å². The third-order valence-electron chi connectivity index (χ3n) is 3.89. The van der Waals surface area contributed by atoms with Gasteiger partial charge < -0.3 is 19.6 Å². The molecule has 2 amide bonds. The largest absolute Gasteiger partial charge is 0.481 e. The summed E-state index contributed by atoms with van der Waals surface area (Å²) in [6, 6.07) is -0.121. The molecule has 2 aliphatic rings. The fourth-order valence-electron chi connectivity index (χ4n) is 2.56. The van der Waals surface area contributed by atoms with Gasteiger partial charge in [-0.05, 0) is 19.8 Å². The van der Waals surface area contributed by atoms with Gasteiger partial charge in [0, 0.05) is 26.2 Å². The summed E-state index contributed by atoms with van der Waals surface area (Å²) in [6.45, 7) is 3.77. The number of carboxylic acids is 1. The van der Waals surface area contributed by atoms with Gasteiger partial charge in [0.25, 0.3) is 0 Å². The highest BCUT2D eigenvalue weighted by molar-refractivity contribution is 5.80. The number of aliphatic carboxylic acids is 1. The molecule has 0 aromatic heterocycles. The fraction of sp³-hybridized carbons (Fsp3) is 0.769. The molecule has 0 aromatic carbocycles. The Morgan fingerprint density at radius 2 is 1.70 bits per heavy atom. The van der Waals surface area contributed by atoms with Crippen molar-refractivity contribution in [2.45, 2.75) is 19.8 Å². The maximum Gasteiger partial charge on any atom is 0.320 e. The normalized spacial score (nSPS) is 20.4. The third kappa shape index (κ3) is 3.02. The van der Waals surface area contributed by atoms with Crippen LogP contribution in [0.2, 0.25) is 0 Å². The Bertz CT molecular complexity index is 398. The molecule has 1 N–H and O–H groups in total. The van der Waals surface area contributed by atoms with Crippen molar-refractivity contribution < 1.29 is 24.2 Å². The number of carbonyl (C=O) groups is 3. The van der Waals surface area contributed by atoms with Crippen molar-refractivity contribution in [1.29, 1.82) is 0 Å². The molecule has 0 radical (unpaired) electrons. The van der Waals surface area contributed by atoms with Crippen LogP contribution in [0.15, 0.2) is 0 Å². The second kappa shape index (κ2) is 6.11. The number of esters is 1. The number of carbonyl (C=O) groups excluding carboxylic acids is 2. The summed E-state index contributed by atoms with van der Waals surface area (Å²) in [5.41, 5.74) is 0. The first kappa shape index (κ1) is 14.6. The summed E-state index contributed by atoms with van der Waals surface area (Å²) in [4.78, 5) is 37.6. The monoisotopic (exact) mass is 284 g/mol. The van der Waals surface area contributed by atoms with Crippen LogP contribution in [0.5, 0.6) is 0 Å². The Labute approximate surface area is 117 Å². The second-order valence-corrected chi connectivity index (χ2v) is 5.24. The maximum atomic E-state index is 12.1. The molecular weight excluding hydrogens is 264 g/mol. The highest BCUT2D eigenvalue weighted by Gasteiger charge is 2.38. The van der Waals surface area contributed by atoms with Gasteiger partial charge in [-0.1, -0.05) is 0 Å². The van der Waals surface area contributed by atoms with Crippen molar-refractivity contribution in [3.05, 3.63) is 0 Å². The van der Waals surface area contributed by atoms with Gasteiger partial charge in [0.05, 0.1) is 18.4 Å². The Kier molecular flexibility index (Phi) is 4.46. The van der Waals surface area contributed by atoms with Crippen molar-refractivity contribution in [3.63, 3.8) is 0 Å². The van der Waals surface area contributed by atoms with Gasteiger partial charge in [-0.2, -0.15) is 0 Å². The van der Waals surface area contributed by atoms with Crippen LogP contribution in [0.4, 0.5) is 4.79 Å². The minimum atomic E-state index is -0.852. The van der Waals surface area contributed by atoms with E-state index in [1.54, 1.807) is 16.7 Å². The third-order valence-corrected chi connectivity index (χ3v) is 3.89. The van der Waals surface area contributed by atoms with Gasteiger partial charge in [-0.25, -0.2) is 4.79 Å². The molecule has 0 unspecified atom stereocenters. The molecule has 2 fully saturated rings. The quantitative estimate of drug-likeness (QED) is 0.758. The van der Waals surface area contributed by atoms with Gasteiger partial charge >= 0.3 is 18.0 Å². The van der Waals surface area contributed by atoms with E-state index in [1.807, 2.05) is 0 Å². The smallest absolute Gasteiger partial charge is 0.320 e. The summed E-state index contributed by atoms with van der Waals surface area (Å²) in [7, 11) is 0. The van der Waals surface area contributed by atoms with Gasteiger partial charge in [0.1, 0.15) is 0 Å². The standard InChI is InChI=1S/C13H20N2O5/c1-2-20-12(18)9-3-5-14(6-4-9)13(19)15-7-10(8-15)11(16)17/h9-10H,2-8H2,1H3,(H,16,17). The summed E-state index contributed by atoms with van der Waals surface area (Å²) in [6.07, 6.45) is 1.22. The van der Waals surface area contributed by atoms with E-state index in [-0.39, 0.29) is 31.0 Å². The molecule has 7 heteroatoms. The maximum absolute atomic E-state index is 12.1. The van der Waals surface area contributed by atoms with Gasteiger partial charge in [0.2, 0.25) is 0 Å². The molecule has 2 rings (SSSR count). The number of rotatable bonds is 3. The van der Waals surface area contributed by atoms with E-state index in [1.165, 1.54) is 0 Å². The molecule has 0 atom stereocenters. The van der Waals surface area contributed by atoms with Crippen LogP contribution in [-0.2, 0) is 14.3 Å². The number of urea groups is 1. The van der Waals surface area contributed by atoms with Crippen LogP contribution in [0, 0.1) is 11.8 Å². The molecule has 0 saturated carbocycles. The zero-order valence-corrected chi connectivity index (χ0v) is 11.6. The second-order valence-electron chi connectivity index (χ2n) is 5.24. The highest BCUT2D eigenvalue weighted by atomic mass is 16.5. The van der Waals surface area contributed by atoms with E-state index >= 15 is 0 Å². The minimum absolute atomic E-state index is 0.121. The lowest BCUT2D eigenvalue weighted by Gasteiger charge is -2.41. The van der Waals surface area contributed by atoms with E-state index in [4.69, 9.17) is 9.84 Å². The summed E-state index contributed by atoms with van der Waals surface area (Å²) in [5, 5.41) is 8.79. The molecule has 20 heavy (non-hydrogen) atoms. The van der Waals surface area contributed by atoms with Crippen LogP contribution in [0.3, 0.4) is 0 Å². The first-order chi connectivity index (χ1) is 9.52. The molecule has 0 spiro atoms.